The van der Waals surface area contributed by atoms with Crippen molar-refractivity contribution in [2.24, 2.45) is 17.8 Å². The van der Waals surface area contributed by atoms with Crippen LogP contribution in [0.2, 0.25) is 0 Å². The second-order valence-corrected chi connectivity index (χ2v) is 17.1. The Bertz CT molecular complexity index is 1790. The van der Waals surface area contributed by atoms with Crippen LogP contribution in [0.25, 0.3) is 10.2 Å². The predicted molar refractivity (Wildman–Crippen MR) is 188 cm³/mol. The fourth-order valence-corrected chi connectivity index (χ4v) is 9.32. The second-order valence-electron chi connectivity index (χ2n) is 14.1. The molecular weight excluding hydrogens is 726 g/mol. The van der Waals surface area contributed by atoms with Gasteiger partial charge in [-0.2, -0.15) is 17.5 Å². The molecule has 3 aromatic rings. The number of ether oxygens (including phenoxy) is 4. The van der Waals surface area contributed by atoms with Crippen molar-refractivity contribution in [2.45, 2.75) is 81.2 Å². The number of anilines is 1. The van der Waals surface area contributed by atoms with Gasteiger partial charge in [-0.3, -0.25) is 4.79 Å². The number of rotatable bonds is 17. The molecule has 3 fully saturated rings. The van der Waals surface area contributed by atoms with Crippen molar-refractivity contribution in [3.05, 3.63) is 48.0 Å². The number of hydrogen-bond donors (Lipinski definition) is 3. The van der Waals surface area contributed by atoms with Gasteiger partial charge in [0, 0.05) is 31.1 Å². The summed E-state index contributed by atoms with van der Waals surface area (Å²) < 4.78 is 91.3. The number of fused-ring (bicyclic) bond motifs is 2. The molecule has 2 aromatic carbocycles. The Morgan fingerprint density at radius 2 is 1.85 bits per heavy atom. The average molecular weight is 771 g/mol. The Kier molecular flexibility index (Phi) is 12.0. The summed E-state index contributed by atoms with van der Waals surface area (Å²) in [5.74, 6) is -1.61. The van der Waals surface area contributed by atoms with Gasteiger partial charge >= 0.3 is 12.1 Å². The maximum Gasteiger partial charge on any atom is 0.401 e. The number of aliphatic hydroxyl groups excluding tert-OH is 1. The number of nitrogens with zero attached hydrogens (tertiary/aromatic N) is 2. The number of methoxy groups -OCH3 is 1. The molecule has 3 aliphatic rings. The van der Waals surface area contributed by atoms with Crippen molar-refractivity contribution in [3.8, 4) is 5.75 Å². The minimum Gasteiger partial charge on any atom is -0.497 e. The molecule has 52 heavy (non-hydrogen) atoms. The molecule has 1 aromatic heterocycles. The van der Waals surface area contributed by atoms with Crippen LogP contribution in [0.3, 0.4) is 0 Å². The highest BCUT2D eigenvalue weighted by atomic mass is 32.2. The summed E-state index contributed by atoms with van der Waals surface area (Å²) in [4.78, 5) is 18.2. The number of esters is 1. The van der Waals surface area contributed by atoms with Crippen LogP contribution in [0.15, 0.2) is 47.4 Å². The molecule has 1 aliphatic carbocycles. The molecule has 6 atom stereocenters. The first kappa shape index (κ1) is 38.7. The van der Waals surface area contributed by atoms with Crippen LogP contribution in [0, 0.1) is 17.8 Å². The van der Waals surface area contributed by atoms with E-state index < -0.39 is 65.1 Å². The van der Waals surface area contributed by atoms with Gasteiger partial charge in [0.1, 0.15) is 11.9 Å². The van der Waals surface area contributed by atoms with Crippen LogP contribution >= 0.6 is 11.3 Å². The van der Waals surface area contributed by atoms with E-state index >= 15 is 0 Å². The Morgan fingerprint density at radius 1 is 1.12 bits per heavy atom. The summed E-state index contributed by atoms with van der Waals surface area (Å²) in [5, 5.41) is 18.3. The average Bonchev–Trinajstić information content (AvgIpc) is 3.47. The van der Waals surface area contributed by atoms with Crippen molar-refractivity contribution < 1.29 is 50.4 Å². The smallest absolute Gasteiger partial charge is 0.401 e. The lowest BCUT2D eigenvalue weighted by Gasteiger charge is -2.30. The molecule has 12 nitrogen and oxygen atoms in total. The first-order valence-electron chi connectivity index (χ1n) is 17.4. The maximum atomic E-state index is 14.2. The molecule has 3 N–H and O–H groups in total. The summed E-state index contributed by atoms with van der Waals surface area (Å²) in [6, 6.07) is 11.5. The van der Waals surface area contributed by atoms with Crippen LogP contribution in [-0.4, -0.2) is 105 Å². The van der Waals surface area contributed by atoms with Crippen LogP contribution in [0.5, 0.6) is 5.75 Å². The van der Waals surface area contributed by atoms with Gasteiger partial charge in [-0.15, -0.1) is 0 Å². The number of aromatic nitrogens is 1. The molecule has 1 saturated carbocycles. The lowest BCUT2D eigenvalue weighted by atomic mass is 9.90. The van der Waals surface area contributed by atoms with Crippen molar-refractivity contribution in [3.63, 3.8) is 0 Å². The highest BCUT2D eigenvalue weighted by Crippen LogP contribution is 2.36. The maximum absolute atomic E-state index is 14.2. The minimum absolute atomic E-state index is 0.0348. The number of carbonyl (C=O) groups excluding carboxylic acids is 1. The van der Waals surface area contributed by atoms with Gasteiger partial charge in [-0.1, -0.05) is 37.3 Å². The lowest BCUT2D eigenvalue weighted by Crippen LogP contribution is -2.46. The van der Waals surface area contributed by atoms with E-state index in [-0.39, 0.29) is 50.0 Å². The van der Waals surface area contributed by atoms with Gasteiger partial charge in [0.15, 0.2) is 11.4 Å². The number of halogens is 3. The van der Waals surface area contributed by atoms with E-state index in [1.807, 2.05) is 13.8 Å². The van der Waals surface area contributed by atoms with Crippen LogP contribution < -0.4 is 15.4 Å². The monoisotopic (exact) mass is 770 g/mol. The fourth-order valence-electron chi connectivity index (χ4n) is 6.61. The van der Waals surface area contributed by atoms with E-state index in [1.54, 1.807) is 36.4 Å². The SMILES string of the molecule is COc1ccc(C[C@H](CC(=O)O[C@H]2CO[C@H]3OC[C@H](NCC(F)(F)F)[C@H]32)[C@H](O)CN(CC(C)C)S(=O)(=O)c2ccc3nc(NC4CC4)sc3c2)cc1. The van der Waals surface area contributed by atoms with Crippen LogP contribution in [0.4, 0.5) is 18.3 Å². The van der Waals surface area contributed by atoms with Gasteiger partial charge in [0.05, 0.1) is 60.4 Å². The summed E-state index contributed by atoms with van der Waals surface area (Å²) >= 11 is 1.39. The zero-order valence-electron chi connectivity index (χ0n) is 29.2. The topological polar surface area (TPSA) is 149 Å². The fraction of sp³-hybridized carbons (Fsp3) is 0.600. The third-order valence-corrected chi connectivity index (χ3v) is 12.2. The second kappa shape index (κ2) is 16.1. The number of nitrogens with one attached hydrogen (secondary N) is 2. The molecule has 286 valence electrons. The molecular formula is C35H45F3N4O8S2. The molecule has 0 amide bonds. The van der Waals surface area contributed by atoms with Gasteiger partial charge < -0.3 is 34.7 Å². The molecule has 2 aliphatic heterocycles. The van der Waals surface area contributed by atoms with Crippen molar-refractivity contribution in [1.82, 2.24) is 14.6 Å². The molecule has 17 heteroatoms. The Morgan fingerprint density at radius 3 is 2.52 bits per heavy atom. The normalized spacial score (nSPS) is 23.2. The summed E-state index contributed by atoms with van der Waals surface area (Å²) in [6.45, 7) is 2.26. The molecule has 6 rings (SSSR count). The van der Waals surface area contributed by atoms with Crippen molar-refractivity contribution in [2.75, 3.05) is 45.3 Å². The molecule has 0 spiro atoms. The van der Waals surface area contributed by atoms with Gasteiger partial charge in [0.2, 0.25) is 10.0 Å². The first-order valence-corrected chi connectivity index (χ1v) is 19.6. The highest BCUT2D eigenvalue weighted by Gasteiger charge is 2.50. The van der Waals surface area contributed by atoms with Gasteiger partial charge in [-0.05, 0) is 61.1 Å². The van der Waals surface area contributed by atoms with E-state index in [4.69, 9.17) is 18.9 Å². The highest BCUT2D eigenvalue weighted by molar-refractivity contribution is 7.89. The quantitative estimate of drug-likeness (QED) is 0.166. The molecule has 0 radical (unpaired) electrons. The van der Waals surface area contributed by atoms with Gasteiger partial charge in [0.25, 0.3) is 0 Å². The van der Waals surface area contributed by atoms with Crippen molar-refractivity contribution in [1.29, 1.82) is 0 Å². The van der Waals surface area contributed by atoms with E-state index in [1.165, 1.54) is 28.8 Å². The predicted octanol–water partition coefficient (Wildman–Crippen LogP) is 4.57. The number of carbonyl (C=O) groups is 1. The zero-order chi connectivity index (χ0) is 37.2. The minimum atomic E-state index is -4.43. The third kappa shape index (κ3) is 9.72. The van der Waals surface area contributed by atoms with Crippen molar-refractivity contribution >= 4 is 42.7 Å². The summed E-state index contributed by atoms with van der Waals surface area (Å²) in [5.41, 5.74) is 1.46. The number of sulfonamides is 1. The number of thiazole rings is 1. The number of aliphatic hydroxyl groups is 1. The number of benzene rings is 2. The molecule has 3 heterocycles. The van der Waals surface area contributed by atoms with Gasteiger partial charge in [-0.25, -0.2) is 13.4 Å². The summed E-state index contributed by atoms with van der Waals surface area (Å²) in [6.07, 6.45) is -5.36. The van der Waals surface area contributed by atoms with E-state index in [0.29, 0.717) is 17.3 Å². The Labute approximate surface area is 305 Å². The molecule has 2 saturated heterocycles. The van der Waals surface area contributed by atoms with Crippen LogP contribution in [0.1, 0.15) is 38.7 Å². The third-order valence-electron chi connectivity index (χ3n) is 9.41. The Balaban J connectivity index is 1.19. The number of hydrogen-bond acceptors (Lipinski definition) is 12. The zero-order valence-corrected chi connectivity index (χ0v) is 30.8. The largest absolute Gasteiger partial charge is 0.497 e. The number of alkyl halides is 3. The van der Waals surface area contributed by atoms with E-state index in [2.05, 4.69) is 15.6 Å². The Hall–Kier alpha value is -3.06. The first-order chi connectivity index (χ1) is 24.7. The molecule has 0 unspecified atom stereocenters. The van der Waals surface area contributed by atoms with E-state index in [0.717, 1.165) is 28.2 Å². The molecule has 0 bridgehead atoms. The van der Waals surface area contributed by atoms with E-state index in [9.17, 15) is 31.5 Å². The van der Waals surface area contributed by atoms with Crippen LogP contribution in [-0.2, 0) is 35.4 Å². The lowest BCUT2D eigenvalue weighted by molar-refractivity contribution is -0.154. The summed E-state index contributed by atoms with van der Waals surface area (Å²) in [7, 11) is -2.56. The standard InChI is InChI=1S/C35H45F3N4O8S2/c1-20(2)15-42(52(45,46)25-10-11-26-30(14-25)51-34(41-26)40-23-6-7-23)16-28(43)22(12-21-4-8-24(47-3)9-5-21)13-31(44)50-29-18-49-33-32(29)27(17-48-33)39-19-35(36,37)38/h4-5,8-11,14,20,22-23,27-29,32-33,39,43H,6-7,12-13,15-19H2,1-3H3,(H,40,41)/t22-,27+,28-,29+,32+,33-/m1/s1.